The zero-order chi connectivity index (χ0) is 24.9. The van der Waals surface area contributed by atoms with E-state index >= 15 is 0 Å². The standard InChI is InChI=1S/C24H26ClN5O5/c25-22-21(26-16-31)23(29-24(28-22)27-17-32)30(33)11-20(14-34-12-18-7-3-1-4-8-18)15-35-13-19-9-5-2-6-10-19/h1-10,16-17,20,33H,11-15H2,(H,26,31)(H,27,28,29,32). The SMILES string of the molecule is O=CNc1nc(Cl)c(NC=O)c(N(O)CC(COCc2ccccc2)COCc2ccccc2)n1. The highest BCUT2D eigenvalue weighted by Gasteiger charge is 2.22. The molecule has 0 radical (unpaired) electrons. The van der Waals surface area contributed by atoms with E-state index in [1.807, 2.05) is 60.7 Å². The van der Waals surface area contributed by atoms with Crippen molar-refractivity contribution in [2.75, 3.05) is 35.5 Å². The lowest BCUT2D eigenvalue weighted by molar-refractivity contribution is -0.106. The number of ether oxygens (including phenoxy) is 2. The van der Waals surface area contributed by atoms with Gasteiger partial charge in [-0.15, -0.1) is 0 Å². The fourth-order valence-corrected chi connectivity index (χ4v) is 3.45. The molecule has 0 aliphatic rings. The molecule has 0 bridgehead atoms. The first kappa shape index (κ1) is 26.0. The summed E-state index contributed by atoms with van der Waals surface area (Å²) >= 11 is 6.12. The topological polar surface area (TPSA) is 126 Å². The lowest BCUT2D eigenvalue weighted by Gasteiger charge is -2.25. The monoisotopic (exact) mass is 499 g/mol. The van der Waals surface area contributed by atoms with E-state index in [1.165, 1.54) is 0 Å². The van der Waals surface area contributed by atoms with E-state index in [2.05, 4.69) is 20.6 Å². The van der Waals surface area contributed by atoms with Gasteiger partial charge >= 0.3 is 0 Å². The van der Waals surface area contributed by atoms with Crippen LogP contribution in [0.4, 0.5) is 17.5 Å². The summed E-state index contributed by atoms with van der Waals surface area (Å²) in [4.78, 5) is 29.8. The number of anilines is 3. The Morgan fingerprint density at radius 3 is 1.94 bits per heavy atom. The van der Waals surface area contributed by atoms with Crippen LogP contribution in [0.5, 0.6) is 0 Å². The van der Waals surface area contributed by atoms with Gasteiger partial charge in [0, 0.05) is 5.92 Å². The van der Waals surface area contributed by atoms with E-state index in [9.17, 15) is 14.8 Å². The number of carbonyl (C=O) groups excluding carboxylic acids is 2. The molecule has 0 aliphatic carbocycles. The molecule has 0 aliphatic heterocycles. The quantitative estimate of drug-likeness (QED) is 0.165. The summed E-state index contributed by atoms with van der Waals surface area (Å²) in [6.45, 7) is 1.37. The smallest absolute Gasteiger partial charge is 0.232 e. The second kappa shape index (κ2) is 14.0. The van der Waals surface area contributed by atoms with Gasteiger partial charge in [0.2, 0.25) is 18.8 Å². The van der Waals surface area contributed by atoms with Gasteiger partial charge in [-0.25, -0.2) is 5.06 Å². The number of nitrogens with one attached hydrogen (secondary N) is 2. The molecule has 3 aromatic rings. The Kier molecular flexibility index (Phi) is 10.4. The normalized spacial score (nSPS) is 10.7. The summed E-state index contributed by atoms with van der Waals surface area (Å²) in [5.74, 6) is -0.502. The third-order valence-corrected chi connectivity index (χ3v) is 5.12. The van der Waals surface area contributed by atoms with Gasteiger partial charge < -0.3 is 14.8 Å². The van der Waals surface area contributed by atoms with Crippen molar-refractivity contribution in [1.82, 2.24) is 9.97 Å². The van der Waals surface area contributed by atoms with Crippen molar-refractivity contribution in [3.63, 3.8) is 0 Å². The van der Waals surface area contributed by atoms with Crippen LogP contribution in [-0.2, 0) is 32.3 Å². The molecule has 10 nitrogen and oxygen atoms in total. The fraction of sp³-hybridized carbons (Fsp3) is 0.250. The average molecular weight is 500 g/mol. The van der Waals surface area contributed by atoms with Crippen LogP contribution in [0.25, 0.3) is 0 Å². The number of carbonyl (C=O) groups is 2. The second-order valence-corrected chi connectivity index (χ2v) is 7.87. The molecular formula is C24H26ClN5O5. The van der Waals surface area contributed by atoms with Crippen molar-refractivity contribution in [2.45, 2.75) is 13.2 Å². The summed E-state index contributed by atoms with van der Waals surface area (Å²) in [6.07, 6.45) is 0.764. The zero-order valence-electron chi connectivity index (χ0n) is 18.8. The molecule has 0 atom stereocenters. The average Bonchev–Trinajstić information content (AvgIpc) is 2.87. The Labute approximate surface area is 207 Å². The number of benzene rings is 2. The molecule has 3 N–H and O–H groups in total. The first-order chi connectivity index (χ1) is 17.1. The van der Waals surface area contributed by atoms with Gasteiger partial charge in [-0.2, -0.15) is 9.97 Å². The predicted octanol–water partition coefficient (Wildman–Crippen LogP) is 3.51. The molecule has 1 aromatic heterocycles. The zero-order valence-corrected chi connectivity index (χ0v) is 19.6. The van der Waals surface area contributed by atoms with E-state index in [-0.39, 0.29) is 48.3 Å². The highest BCUT2D eigenvalue weighted by Crippen LogP contribution is 2.31. The van der Waals surface area contributed by atoms with Crippen LogP contribution in [0.15, 0.2) is 60.7 Å². The van der Waals surface area contributed by atoms with Gasteiger partial charge in [0.15, 0.2) is 11.0 Å². The van der Waals surface area contributed by atoms with Crippen LogP contribution in [0.2, 0.25) is 5.15 Å². The molecule has 0 spiro atoms. The number of nitrogens with zero attached hydrogens (tertiary/aromatic N) is 3. The number of hydrogen-bond acceptors (Lipinski definition) is 8. The van der Waals surface area contributed by atoms with E-state index in [0.29, 0.717) is 26.0 Å². The maximum atomic E-state index is 11.0. The van der Waals surface area contributed by atoms with Crippen molar-refractivity contribution in [1.29, 1.82) is 0 Å². The molecule has 3 rings (SSSR count). The van der Waals surface area contributed by atoms with Crippen molar-refractivity contribution >= 4 is 41.9 Å². The van der Waals surface area contributed by atoms with E-state index in [4.69, 9.17) is 21.1 Å². The van der Waals surface area contributed by atoms with Crippen LogP contribution < -0.4 is 15.7 Å². The molecule has 11 heteroatoms. The number of aromatic nitrogens is 2. The van der Waals surface area contributed by atoms with Gasteiger partial charge in [0.1, 0.15) is 5.69 Å². The van der Waals surface area contributed by atoms with Crippen LogP contribution in [0, 0.1) is 5.92 Å². The van der Waals surface area contributed by atoms with Gasteiger partial charge in [0.05, 0.1) is 33.0 Å². The predicted molar refractivity (Wildman–Crippen MR) is 131 cm³/mol. The molecule has 184 valence electrons. The maximum absolute atomic E-state index is 11.0. The summed E-state index contributed by atoms with van der Waals surface area (Å²) in [6, 6.07) is 19.4. The minimum absolute atomic E-state index is 0.00484. The second-order valence-electron chi connectivity index (χ2n) is 7.51. The van der Waals surface area contributed by atoms with Gasteiger partial charge in [-0.05, 0) is 11.1 Å². The van der Waals surface area contributed by atoms with Crippen LogP contribution in [0.3, 0.4) is 0 Å². The summed E-state index contributed by atoms with van der Waals surface area (Å²) in [5.41, 5.74) is 2.03. The van der Waals surface area contributed by atoms with Crippen molar-refractivity contribution < 1.29 is 24.3 Å². The van der Waals surface area contributed by atoms with Crippen LogP contribution in [0.1, 0.15) is 11.1 Å². The van der Waals surface area contributed by atoms with Crippen molar-refractivity contribution in [2.24, 2.45) is 5.92 Å². The molecule has 0 unspecified atom stereocenters. The molecule has 2 amide bonds. The minimum Gasteiger partial charge on any atom is -0.376 e. The summed E-state index contributed by atoms with van der Waals surface area (Å²) in [5, 5.41) is 16.2. The van der Waals surface area contributed by atoms with Gasteiger partial charge in [-0.3, -0.25) is 20.1 Å². The van der Waals surface area contributed by atoms with Crippen molar-refractivity contribution in [3.8, 4) is 0 Å². The molecule has 0 saturated heterocycles. The minimum atomic E-state index is -0.285. The third-order valence-electron chi connectivity index (χ3n) is 4.84. The molecule has 35 heavy (non-hydrogen) atoms. The Morgan fingerprint density at radius 2 is 1.43 bits per heavy atom. The summed E-state index contributed by atoms with van der Waals surface area (Å²) in [7, 11) is 0. The van der Waals surface area contributed by atoms with E-state index in [0.717, 1.165) is 16.2 Å². The Balaban J connectivity index is 1.71. The van der Waals surface area contributed by atoms with E-state index < -0.39 is 0 Å². The number of amides is 2. The number of hydrogen-bond donors (Lipinski definition) is 3. The van der Waals surface area contributed by atoms with E-state index in [1.54, 1.807) is 0 Å². The van der Waals surface area contributed by atoms with Gasteiger partial charge in [0.25, 0.3) is 0 Å². The molecule has 0 saturated carbocycles. The highest BCUT2D eigenvalue weighted by atomic mass is 35.5. The lowest BCUT2D eigenvalue weighted by Crippen LogP contribution is -2.33. The highest BCUT2D eigenvalue weighted by molar-refractivity contribution is 6.33. The molecule has 2 aromatic carbocycles. The third kappa shape index (κ3) is 8.30. The number of rotatable bonds is 15. The lowest BCUT2D eigenvalue weighted by atomic mass is 10.1. The number of hydroxylamine groups is 1. The Hall–Kier alpha value is -3.57. The van der Waals surface area contributed by atoms with Crippen molar-refractivity contribution in [3.05, 3.63) is 76.9 Å². The Morgan fingerprint density at radius 1 is 0.886 bits per heavy atom. The summed E-state index contributed by atoms with van der Waals surface area (Å²) < 4.78 is 11.8. The Bertz CT molecular complexity index is 1030. The maximum Gasteiger partial charge on any atom is 0.232 e. The number of halogens is 1. The van der Waals surface area contributed by atoms with Crippen LogP contribution in [-0.4, -0.2) is 47.8 Å². The molecular weight excluding hydrogens is 474 g/mol. The molecule has 1 heterocycles. The van der Waals surface area contributed by atoms with Crippen LogP contribution >= 0.6 is 11.6 Å². The first-order valence-electron chi connectivity index (χ1n) is 10.8. The van der Waals surface area contributed by atoms with Gasteiger partial charge in [-0.1, -0.05) is 72.3 Å². The molecule has 0 fully saturated rings. The fourth-order valence-electron chi connectivity index (χ4n) is 3.23. The largest absolute Gasteiger partial charge is 0.376 e. The first-order valence-corrected chi connectivity index (χ1v) is 11.2.